The monoisotopic (exact) mass is 316 g/mol. The summed E-state index contributed by atoms with van der Waals surface area (Å²) in [6, 6.07) is 4.68. The van der Waals surface area contributed by atoms with Crippen molar-refractivity contribution in [3.8, 4) is 5.75 Å². The Morgan fingerprint density at radius 2 is 1.78 bits per heavy atom. The van der Waals surface area contributed by atoms with Crippen molar-refractivity contribution in [1.82, 2.24) is 9.97 Å². The molecule has 5 nitrogen and oxygen atoms in total. The smallest absolute Gasteiger partial charge is 0.150 e. The molecule has 0 bridgehead atoms. The average molecular weight is 316 g/mol. The zero-order valence-electron chi connectivity index (χ0n) is 13.7. The first-order valence-electron chi connectivity index (χ1n) is 7.72. The number of methoxy groups -OCH3 is 1. The summed E-state index contributed by atoms with van der Waals surface area (Å²) >= 11 is 0. The zero-order valence-corrected chi connectivity index (χ0v) is 13.7. The van der Waals surface area contributed by atoms with Crippen LogP contribution in [0.1, 0.15) is 11.4 Å². The lowest BCUT2D eigenvalue weighted by Crippen LogP contribution is -2.47. The maximum atomic E-state index is 13.3. The third-order valence-electron chi connectivity index (χ3n) is 4.11. The van der Waals surface area contributed by atoms with Gasteiger partial charge in [0.2, 0.25) is 0 Å². The Balaban J connectivity index is 1.75. The summed E-state index contributed by atoms with van der Waals surface area (Å²) in [4.78, 5) is 13.5. The Bertz CT molecular complexity index is 699. The Labute approximate surface area is 135 Å². The van der Waals surface area contributed by atoms with Gasteiger partial charge >= 0.3 is 0 Å². The van der Waals surface area contributed by atoms with Gasteiger partial charge in [0, 0.05) is 38.4 Å². The van der Waals surface area contributed by atoms with Crippen molar-refractivity contribution in [1.29, 1.82) is 0 Å². The van der Waals surface area contributed by atoms with Crippen LogP contribution in [0.25, 0.3) is 0 Å². The molecule has 2 aromatic rings. The maximum Gasteiger partial charge on any atom is 0.150 e. The van der Waals surface area contributed by atoms with Gasteiger partial charge in [0.25, 0.3) is 0 Å². The second-order valence-corrected chi connectivity index (χ2v) is 5.71. The van der Waals surface area contributed by atoms with Gasteiger partial charge in [0.15, 0.2) is 0 Å². The molecule has 0 atom stereocenters. The lowest BCUT2D eigenvalue weighted by atomic mass is 10.2. The van der Waals surface area contributed by atoms with E-state index in [2.05, 4.69) is 19.8 Å². The number of rotatable bonds is 3. The number of ether oxygens (including phenoxy) is 1. The van der Waals surface area contributed by atoms with Gasteiger partial charge in [0.1, 0.15) is 17.4 Å². The molecule has 3 rings (SSSR count). The minimum Gasteiger partial charge on any atom is -0.494 e. The van der Waals surface area contributed by atoms with Gasteiger partial charge in [-0.1, -0.05) is 0 Å². The van der Waals surface area contributed by atoms with E-state index in [9.17, 15) is 4.39 Å². The van der Waals surface area contributed by atoms with Gasteiger partial charge in [-0.05, 0) is 26.0 Å². The number of benzene rings is 1. The predicted octanol–water partition coefficient (Wildman–Crippen LogP) is 2.57. The van der Waals surface area contributed by atoms with Crippen LogP contribution < -0.4 is 14.5 Å². The van der Waals surface area contributed by atoms with Gasteiger partial charge in [-0.15, -0.1) is 0 Å². The van der Waals surface area contributed by atoms with E-state index in [1.807, 2.05) is 13.8 Å². The molecule has 1 aliphatic rings. The fourth-order valence-electron chi connectivity index (χ4n) is 2.90. The minimum atomic E-state index is -0.283. The fraction of sp³-hybridized carbons (Fsp3) is 0.412. The lowest BCUT2D eigenvalue weighted by Gasteiger charge is -2.37. The molecule has 122 valence electrons. The summed E-state index contributed by atoms with van der Waals surface area (Å²) in [6.07, 6.45) is 1.79. The summed E-state index contributed by atoms with van der Waals surface area (Å²) < 4.78 is 18.7. The molecule has 0 aliphatic carbocycles. The lowest BCUT2D eigenvalue weighted by molar-refractivity contribution is 0.410. The molecule has 0 saturated carbocycles. The van der Waals surface area contributed by atoms with Crippen molar-refractivity contribution in [2.24, 2.45) is 0 Å². The van der Waals surface area contributed by atoms with Crippen molar-refractivity contribution in [3.63, 3.8) is 0 Å². The van der Waals surface area contributed by atoms with Crippen molar-refractivity contribution in [3.05, 3.63) is 41.6 Å². The first-order valence-corrected chi connectivity index (χ1v) is 7.72. The molecule has 1 saturated heterocycles. The molecule has 1 aromatic carbocycles. The standard InChI is InChI=1S/C17H21FN4O/c1-12-11-19-13(2)17(20-12)22-8-6-21(7-9-22)15-5-4-14(18)10-16(15)23-3/h4-5,10-11H,6-9H2,1-3H3. The van der Waals surface area contributed by atoms with E-state index in [4.69, 9.17) is 4.74 Å². The quantitative estimate of drug-likeness (QED) is 0.870. The van der Waals surface area contributed by atoms with Gasteiger partial charge in [0.05, 0.1) is 24.2 Å². The van der Waals surface area contributed by atoms with E-state index in [1.165, 1.54) is 12.1 Å². The second-order valence-electron chi connectivity index (χ2n) is 5.71. The molecular formula is C17H21FN4O. The minimum absolute atomic E-state index is 0.283. The fourth-order valence-corrected chi connectivity index (χ4v) is 2.90. The van der Waals surface area contributed by atoms with E-state index >= 15 is 0 Å². The van der Waals surface area contributed by atoms with E-state index in [0.717, 1.165) is 49.1 Å². The van der Waals surface area contributed by atoms with E-state index in [1.54, 1.807) is 19.4 Å². The molecular weight excluding hydrogens is 295 g/mol. The normalized spacial score (nSPS) is 15.0. The number of aryl methyl sites for hydroxylation is 2. The molecule has 0 amide bonds. The number of anilines is 2. The highest BCUT2D eigenvalue weighted by molar-refractivity contribution is 5.60. The number of halogens is 1. The highest BCUT2D eigenvalue weighted by Crippen LogP contribution is 2.30. The van der Waals surface area contributed by atoms with Crippen molar-refractivity contribution < 1.29 is 9.13 Å². The first kappa shape index (κ1) is 15.5. The second kappa shape index (κ2) is 6.40. The molecule has 0 radical (unpaired) electrons. The summed E-state index contributed by atoms with van der Waals surface area (Å²) in [5, 5.41) is 0. The van der Waals surface area contributed by atoms with Crippen LogP contribution in [0.2, 0.25) is 0 Å². The SMILES string of the molecule is COc1cc(F)ccc1N1CCN(c2nc(C)cnc2C)CC1. The zero-order chi connectivity index (χ0) is 16.4. The Morgan fingerprint density at radius 3 is 2.48 bits per heavy atom. The van der Waals surface area contributed by atoms with Gasteiger partial charge in [-0.2, -0.15) is 0 Å². The summed E-state index contributed by atoms with van der Waals surface area (Å²) in [6.45, 7) is 7.29. The molecule has 1 fully saturated rings. The highest BCUT2D eigenvalue weighted by atomic mass is 19.1. The van der Waals surface area contributed by atoms with Crippen LogP contribution in [0.15, 0.2) is 24.4 Å². The van der Waals surface area contributed by atoms with Crippen LogP contribution >= 0.6 is 0 Å². The van der Waals surface area contributed by atoms with Crippen LogP contribution in [-0.4, -0.2) is 43.3 Å². The number of nitrogens with zero attached hydrogens (tertiary/aromatic N) is 4. The van der Waals surface area contributed by atoms with E-state index in [0.29, 0.717) is 5.75 Å². The predicted molar refractivity (Wildman–Crippen MR) is 88.9 cm³/mol. The number of aromatic nitrogens is 2. The first-order chi connectivity index (χ1) is 11.1. The van der Waals surface area contributed by atoms with Crippen molar-refractivity contribution >= 4 is 11.5 Å². The molecule has 23 heavy (non-hydrogen) atoms. The van der Waals surface area contributed by atoms with E-state index < -0.39 is 0 Å². The molecule has 2 heterocycles. The van der Waals surface area contributed by atoms with E-state index in [-0.39, 0.29) is 5.82 Å². The number of hydrogen-bond acceptors (Lipinski definition) is 5. The Hall–Kier alpha value is -2.37. The average Bonchev–Trinajstić information content (AvgIpc) is 2.57. The van der Waals surface area contributed by atoms with Gasteiger partial charge in [-0.25, -0.2) is 9.37 Å². The Kier molecular flexibility index (Phi) is 4.32. The molecule has 0 spiro atoms. The third kappa shape index (κ3) is 3.21. The summed E-state index contributed by atoms with van der Waals surface area (Å²) in [7, 11) is 1.57. The van der Waals surface area contributed by atoms with Crippen LogP contribution in [0.5, 0.6) is 5.75 Å². The van der Waals surface area contributed by atoms with Gasteiger partial charge < -0.3 is 14.5 Å². The van der Waals surface area contributed by atoms with Crippen molar-refractivity contribution in [2.45, 2.75) is 13.8 Å². The third-order valence-corrected chi connectivity index (χ3v) is 4.11. The maximum absolute atomic E-state index is 13.3. The topological polar surface area (TPSA) is 41.5 Å². The number of hydrogen-bond donors (Lipinski definition) is 0. The van der Waals surface area contributed by atoms with Crippen LogP contribution in [0, 0.1) is 19.7 Å². The molecule has 0 N–H and O–H groups in total. The van der Waals surface area contributed by atoms with Crippen LogP contribution in [0.4, 0.5) is 15.9 Å². The molecule has 6 heteroatoms. The largest absolute Gasteiger partial charge is 0.494 e. The van der Waals surface area contributed by atoms with Crippen LogP contribution in [-0.2, 0) is 0 Å². The van der Waals surface area contributed by atoms with Crippen LogP contribution in [0.3, 0.4) is 0 Å². The molecule has 1 aromatic heterocycles. The summed E-state index contributed by atoms with van der Waals surface area (Å²) in [5.41, 5.74) is 2.80. The summed E-state index contributed by atoms with van der Waals surface area (Å²) in [5.74, 6) is 1.25. The van der Waals surface area contributed by atoms with Crippen molar-refractivity contribution in [2.75, 3.05) is 43.1 Å². The molecule has 1 aliphatic heterocycles. The van der Waals surface area contributed by atoms with Gasteiger partial charge in [-0.3, -0.25) is 4.98 Å². The number of piperazine rings is 1. The molecule has 0 unspecified atom stereocenters. The highest BCUT2D eigenvalue weighted by Gasteiger charge is 2.22. The Morgan fingerprint density at radius 1 is 1.09 bits per heavy atom.